The van der Waals surface area contributed by atoms with E-state index in [1.807, 2.05) is 6.07 Å². The van der Waals surface area contributed by atoms with E-state index in [1.54, 1.807) is 6.26 Å². The van der Waals surface area contributed by atoms with Crippen LogP contribution in [-0.4, -0.2) is 67.0 Å². The number of nitrogens with zero attached hydrogens (tertiary/aromatic N) is 3. The van der Waals surface area contributed by atoms with E-state index in [-0.39, 0.29) is 6.04 Å². The van der Waals surface area contributed by atoms with Crippen LogP contribution in [0, 0.1) is 0 Å². The number of furan rings is 1. The molecule has 3 rings (SSSR count). The normalized spacial score (nSPS) is 20.3. The molecule has 2 saturated heterocycles. The van der Waals surface area contributed by atoms with Crippen LogP contribution in [-0.2, 0) is 4.79 Å². The summed E-state index contributed by atoms with van der Waals surface area (Å²) in [5.74, 6) is 2.14. The first-order chi connectivity index (χ1) is 14.2. The number of aliphatic imine (C=N–C) groups is 1. The van der Waals surface area contributed by atoms with Crippen molar-refractivity contribution in [2.45, 2.75) is 64.5 Å². The lowest BCUT2D eigenvalue weighted by atomic mass is 10.1. The van der Waals surface area contributed by atoms with Gasteiger partial charge in [0.25, 0.3) is 0 Å². The van der Waals surface area contributed by atoms with Crippen molar-refractivity contribution < 1.29 is 9.21 Å². The second-order valence-corrected chi connectivity index (χ2v) is 7.96. The van der Waals surface area contributed by atoms with E-state index in [2.05, 4.69) is 40.3 Å². The molecule has 2 aliphatic heterocycles. The van der Waals surface area contributed by atoms with Crippen molar-refractivity contribution in [3.05, 3.63) is 24.2 Å². The van der Waals surface area contributed by atoms with E-state index in [9.17, 15) is 4.79 Å². The standard InChI is InChI=1S/C22H37N5O2/c1-3-18(27-15-7-10-21(27)28)11-12-24-22(23-4-2)25-17-19(20-9-8-16-29-20)26-13-5-6-14-26/h8-9,16,18-19H,3-7,10-15,17H2,1-2H3,(H2,23,24,25). The molecule has 7 heteroatoms. The van der Waals surface area contributed by atoms with Gasteiger partial charge < -0.3 is 20.0 Å². The van der Waals surface area contributed by atoms with E-state index in [4.69, 9.17) is 9.41 Å². The van der Waals surface area contributed by atoms with Gasteiger partial charge in [0, 0.05) is 32.1 Å². The summed E-state index contributed by atoms with van der Waals surface area (Å²) in [6.07, 6.45) is 7.88. The highest BCUT2D eigenvalue weighted by Gasteiger charge is 2.27. The Morgan fingerprint density at radius 3 is 2.66 bits per heavy atom. The molecule has 7 nitrogen and oxygen atoms in total. The van der Waals surface area contributed by atoms with Gasteiger partial charge in [-0.3, -0.25) is 14.7 Å². The van der Waals surface area contributed by atoms with Gasteiger partial charge >= 0.3 is 0 Å². The molecular formula is C22H37N5O2. The van der Waals surface area contributed by atoms with Gasteiger partial charge in [-0.05, 0) is 64.3 Å². The number of amides is 1. The molecule has 0 spiro atoms. The number of likely N-dealkylation sites (tertiary alicyclic amines) is 2. The quantitative estimate of drug-likeness (QED) is 0.464. The monoisotopic (exact) mass is 403 g/mol. The summed E-state index contributed by atoms with van der Waals surface area (Å²) in [5, 5.41) is 6.82. The molecule has 1 aromatic heterocycles. The van der Waals surface area contributed by atoms with Gasteiger partial charge in [0.05, 0.1) is 18.8 Å². The average Bonchev–Trinajstić information content (AvgIpc) is 3.49. The Morgan fingerprint density at radius 2 is 2.03 bits per heavy atom. The van der Waals surface area contributed by atoms with Gasteiger partial charge in [-0.15, -0.1) is 0 Å². The number of nitrogens with one attached hydrogen (secondary N) is 2. The summed E-state index contributed by atoms with van der Waals surface area (Å²) in [6, 6.07) is 4.52. The fourth-order valence-corrected chi connectivity index (χ4v) is 4.43. The van der Waals surface area contributed by atoms with Crippen molar-refractivity contribution >= 4 is 11.9 Å². The van der Waals surface area contributed by atoms with Gasteiger partial charge in [-0.1, -0.05) is 6.92 Å². The van der Waals surface area contributed by atoms with Crippen LogP contribution in [0.4, 0.5) is 0 Å². The zero-order chi connectivity index (χ0) is 20.5. The summed E-state index contributed by atoms with van der Waals surface area (Å²) in [4.78, 5) is 21.4. The predicted octanol–water partition coefficient (Wildman–Crippen LogP) is 2.76. The lowest BCUT2D eigenvalue weighted by molar-refractivity contribution is -0.129. The Hall–Kier alpha value is -2.02. The third kappa shape index (κ3) is 5.98. The highest BCUT2D eigenvalue weighted by Crippen LogP contribution is 2.25. The van der Waals surface area contributed by atoms with Crippen molar-refractivity contribution in [2.24, 2.45) is 4.99 Å². The van der Waals surface area contributed by atoms with E-state index < -0.39 is 0 Å². The maximum atomic E-state index is 12.0. The molecule has 0 aliphatic carbocycles. The van der Waals surface area contributed by atoms with Crippen LogP contribution >= 0.6 is 0 Å². The minimum atomic E-state index is 0.188. The molecule has 2 fully saturated rings. The van der Waals surface area contributed by atoms with Crippen LogP contribution < -0.4 is 10.6 Å². The topological polar surface area (TPSA) is 73.1 Å². The molecule has 2 unspecified atom stereocenters. The maximum absolute atomic E-state index is 12.0. The van der Waals surface area contributed by atoms with Crippen LogP contribution in [0.15, 0.2) is 27.8 Å². The van der Waals surface area contributed by atoms with Crippen molar-refractivity contribution in [1.29, 1.82) is 0 Å². The van der Waals surface area contributed by atoms with Gasteiger partial charge in [0.1, 0.15) is 5.76 Å². The van der Waals surface area contributed by atoms with Crippen LogP contribution in [0.25, 0.3) is 0 Å². The third-order valence-corrected chi connectivity index (χ3v) is 6.01. The largest absolute Gasteiger partial charge is 0.468 e. The number of carbonyl (C=O) groups excluding carboxylic acids is 1. The van der Waals surface area contributed by atoms with E-state index in [0.29, 0.717) is 24.9 Å². The maximum Gasteiger partial charge on any atom is 0.222 e. The molecule has 0 bridgehead atoms. The average molecular weight is 404 g/mol. The van der Waals surface area contributed by atoms with Crippen LogP contribution in [0.2, 0.25) is 0 Å². The first-order valence-electron chi connectivity index (χ1n) is 11.3. The minimum Gasteiger partial charge on any atom is -0.468 e. The fourth-order valence-electron chi connectivity index (χ4n) is 4.43. The van der Waals surface area contributed by atoms with Crippen molar-refractivity contribution in [2.75, 3.05) is 39.3 Å². The van der Waals surface area contributed by atoms with Gasteiger partial charge in [0.15, 0.2) is 5.96 Å². The molecule has 162 valence electrons. The van der Waals surface area contributed by atoms with Crippen LogP contribution in [0.3, 0.4) is 0 Å². The molecular weight excluding hydrogens is 366 g/mol. The molecule has 3 heterocycles. The summed E-state index contributed by atoms with van der Waals surface area (Å²) < 4.78 is 5.71. The first-order valence-corrected chi connectivity index (χ1v) is 11.3. The fraction of sp³-hybridized carbons (Fsp3) is 0.727. The number of hydrogen-bond donors (Lipinski definition) is 2. The number of hydrogen-bond acceptors (Lipinski definition) is 4. The Labute approximate surface area is 174 Å². The van der Waals surface area contributed by atoms with Crippen molar-refractivity contribution in [3.8, 4) is 0 Å². The van der Waals surface area contributed by atoms with Gasteiger partial charge in [0.2, 0.25) is 5.91 Å². The summed E-state index contributed by atoms with van der Waals surface area (Å²) in [7, 11) is 0. The Balaban J connectivity index is 1.56. The van der Waals surface area contributed by atoms with Crippen LogP contribution in [0.1, 0.15) is 64.2 Å². The minimum absolute atomic E-state index is 0.188. The molecule has 0 saturated carbocycles. The van der Waals surface area contributed by atoms with Crippen molar-refractivity contribution in [1.82, 2.24) is 20.4 Å². The molecule has 2 N–H and O–H groups in total. The SMILES string of the molecule is CCNC(=NCC(c1ccco1)N1CCCC1)NCCC(CC)N1CCCC1=O. The Kier molecular flexibility index (Phi) is 8.40. The summed E-state index contributed by atoms with van der Waals surface area (Å²) >= 11 is 0. The number of guanidine groups is 1. The number of rotatable bonds is 10. The lowest BCUT2D eigenvalue weighted by Crippen LogP contribution is -2.42. The van der Waals surface area contributed by atoms with Crippen LogP contribution in [0.5, 0.6) is 0 Å². The predicted molar refractivity (Wildman–Crippen MR) is 116 cm³/mol. The second kappa shape index (κ2) is 11.2. The van der Waals surface area contributed by atoms with Crippen molar-refractivity contribution in [3.63, 3.8) is 0 Å². The highest BCUT2D eigenvalue weighted by molar-refractivity contribution is 5.80. The zero-order valence-corrected chi connectivity index (χ0v) is 18.0. The molecule has 2 aliphatic rings. The first kappa shape index (κ1) is 21.7. The third-order valence-electron chi connectivity index (χ3n) is 6.01. The van der Waals surface area contributed by atoms with E-state index >= 15 is 0 Å². The zero-order valence-electron chi connectivity index (χ0n) is 18.0. The van der Waals surface area contributed by atoms with E-state index in [1.165, 1.54) is 12.8 Å². The Bertz CT molecular complexity index is 640. The molecule has 0 aromatic carbocycles. The molecule has 1 aromatic rings. The second-order valence-electron chi connectivity index (χ2n) is 7.96. The number of carbonyl (C=O) groups is 1. The molecule has 2 atom stereocenters. The summed E-state index contributed by atoms with van der Waals surface area (Å²) in [5.41, 5.74) is 0. The smallest absolute Gasteiger partial charge is 0.222 e. The molecule has 1 amide bonds. The molecule has 0 radical (unpaired) electrons. The molecule has 29 heavy (non-hydrogen) atoms. The lowest BCUT2D eigenvalue weighted by Gasteiger charge is -2.27. The Morgan fingerprint density at radius 1 is 1.21 bits per heavy atom. The summed E-state index contributed by atoms with van der Waals surface area (Å²) in [6.45, 7) is 9.67. The van der Waals surface area contributed by atoms with Gasteiger partial charge in [-0.25, -0.2) is 0 Å². The van der Waals surface area contributed by atoms with Gasteiger partial charge in [-0.2, -0.15) is 0 Å². The van der Waals surface area contributed by atoms with E-state index in [0.717, 1.165) is 63.7 Å². The highest BCUT2D eigenvalue weighted by atomic mass is 16.3.